The van der Waals surface area contributed by atoms with Gasteiger partial charge in [-0.15, -0.1) is 0 Å². The van der Waals surface area contributed by atoms with Crippen LogP contribution in [-0.4, -0.2) is 25.5 Å². The van der Waals surface area contributed by atoms with E-state index < -0.39 is 27.9 Å². The molecule has 112 valence electrons. The predicted molar refractivity (Wildman–Crippen MR) is 72.3 cm³/mol. The largest absolute Gasteiger partial charge is 0.480 e. The van der Waals surface area contributed by atoms with Crippen LogP contribution in [0.2, 0.25) is 0 Å². The van der Waals surface area contributed by atoms with Gasteiger partial charge in [0.25, 0.3) is 0 Å². The average molecular weight is 303 g/mol. The highest BCUT2D eigenvalue weighted by molar-refractivity contribution is 7.89. The molecule has 7 heteroatoms. The standard InChI is InChI=1S/C13H18FNO4S/c1-8(2)6-11(13(16)17)15-20(18,19)12-7-10(14)5-4-9(12)3/h4-5,7-8,11,15H,6H2,1-3H3,(H,16,17)/t11-/m0/s1. The molecule has 0 aliphatic carbocycles. The third-order valence-electron chi connectivity index (χ3n) is 2.74. The van der Waals surface area contributed by atoms with Crippen LogP contribution in [0.3, 0.4) is 0 Å². The highest BCUT2D eigenvalue weighted by Gasteiger charge is 2.27. The molecule has 0 aromatic heterocycles. The number of rotatable bonds is 6. The first kappa shape index (κ1) is 16.6. The Morgan fingerprint density at radius 2 is 2.00 bits per heavy atom. The first-order valence-corrected chi connectivity index (χ1v) is 7.63. The lowest BCUT2D eigenvalue weighted by Crippen LogP contribution is -2.41. The molecule has 0 unspecified atom stereocenters. The number of aryl methyl sites for hydroxylation is 1. The fourth-order valence-corrected chi connectivity index (χ4v) is 3.24. The zero-order valence-electron chi connectivity index (χ0n) is 11.6. The summed E-state index contributed by atoms with van der Waals surface area (Å²) in [5.41, 5.74) is 0.354. The lowest BCUT2D eigenvalue weighted by Gasteiger charge is -2.17. The molecular weight excluding hydrogens is 285 g/mol. The number of hydrogen-bond acceptors (Lipinski definition) is 3. The van der Waals surface area contributed by atoms with E-state index in [0.29, 0.717) is 5.56 Å². The second-order valence-corrected chi connectivity index (χ2v) is 6.73. The van der Waals surface area contributed by atoms with Gasteiger partial charge in [-0.25, -0.2) is 12.8 Å². The fourth-order valence-electron chi connectivity index (χ4n) is 1.78. The van der Waals surface area contributed by atoms with Crippen molar-refractivity contribution in [3.63, 3.8) is 0 Å². The van der Waals surface area contributed by atoms with E-state index >= 15 is 0 Å². The zero-order chi connectivity index (χ0) is 15.5. The minimum Gasteiger partial charge on any atom is -0.480 e. The van der Waals surface area contributed by atoms with Crippen LogP contribution in [0.1, 0.15) is 25.8 Å². The van der Waals surface area contributed by atoms with Crippen molar-refractivity contribution in [2.45, 2.75) is 38.1 Å². The molecule has 0 aliphatic rings. The molecular formula is C13H18FNO4S. The number of halogens is 1. The van der Waals surface area contributed by atoms with Gasteiger partial charge in [0.1, 0.15) is 11.9 Å². The van der Waals surface area contributed by atoms with Crippen LogP contribution in [-0.2, 0) is 14.8 Å². The van der Waals surface area contributed by atoms with E-state index in [-0.39, 0.29) is 17.2 Å². The Hall–Kier alpha value is -1.47. The van der Waals surface area contributed by atoms with Crippen LogP contribution in [0.25, 0.3) is 0 Å². The van der Waals surface area contributed by atoms with E-state index in [1.165, 1.54) is 13.0 Å². The van der Waals surface area contributed by atoms with Crippen LogP contribution in [0, 0.1) is 18.7 Å². The first-order valence-electron chi connectivity index (χ1n) is 6.14. The van der Waals surface area contributed by atoms with E-state index in [1.807, 2.05) is 0 Å². The molecule has 1 aromatic rings. The normalized spacial score (nSPS) is 13.4. The van der Waals surface area contributed by atoms with Crippen molar-refractivity contribution >= 4 is 16.0 Å². The van der Waals surface area contributed by atoms with E-state index in [1.54, 1.807) is 13.8 Å². The number of hydrogen-bond donors (Lipinski definition) is 2. The summed E-state index contributed by atoms with van der Waals surface area (Å²) in [5, 5.41) is 9.06. The molecule has 2 N–H and O–H groups in total. The second-order valence-electron chi connectivity index (χ2n) is 5.05. The summed E-state index contributed by atoms with van der Waals surface area (Å²) >= 11 is 0. The van der Waals surface area contributed by atoms with E-state index in [9.17, 15) is 17.6 Å². The van der Waals surface area contributed by atoms with Crippen molar-refractivity contribution in [3.8, 4) is 0 Å². The summed E-state index contributed by atoms with van der Waals surface area (Å²) in [6, 6.07) is 2.13. The summed E-state index contributed by atoms with van der Waals surface area (Å²) in [6.45, 7) is 5.10. The van der Waals surface area contributed by atoms with Crippen molar-refractivity contribution < 1.29 is 22.7 Å². The maximum atomic E-state index is 13.2. The first-order chi connectivity index (χ1) is 9.13. The Bertz CT molecular complexity index is 598. The van der Waals surface area contributed by atoms with Gasteiger partial charge >= 0.3 is 5.97 Å². The zero-order valence-corrected chi connectivity index (χ0v) is 12.4. The lowest BCUT2D eigenvalue weighted by molar-refractivity contribution is -0.139. The lowest BCUT2D eigenvalue weighted by atomic mass is 10.1. The summed E-state index contributed by atoms with van der Waals surface area (Å²) in [5.74, 6) is -1.93. The van der Waals surface area contributed by atoms with E-state index in [0.717, 1.165) is 12.1 Å². The molecule has 0 radical (unpaired) electrons. The third kappa shape index (κ3) is 4.28. The number of carboxylic acids is 1. The smallest absolute Gasteiger partial charge is 0.321 e. The molecule has 1 rings (SSSR count). The van der Waals surface area contributed by atoms with Gasteiger partial charge in [0.15, 0.2) is 0 Å². The minimum absolute atomic E-state index is 0.00686. The number of benzene rings is 1. The SMILES string of the molecule is Cc1ccc(F)cc1S(=O)(=O)N[C@@H](CC(C)C)C(=O)O. The molecule has 5 nitrogen and oxygen atoms in total. The van der Waals surface area contributed by atoms with Crippen LogP contribution in [0.4, 0.5) is 4.39 Å². The minimum atomic E-state index is -4.07. The van der Waals surface area contributed by atoms with Crippen molar-refractivity contribution in [2.75, 3.05) is 0 Å². The topological polar surface area (TPSA) is 83.5 Å². The van der Waals surface area contributed by atoms with Gasteiger partial charge in [-0.05, 0) is 37.0 Å². The molecule has 20 heavy (non-hydrogen) atoms. The molecule has 0 saturated carbocycles. The second kappa shape index (κ2) is 6.32. The molecule has 0 saturated heterocycles. The molecule has 0 amide bonds. The summed E-state index contributed by atoms with van der Waals surface area (Å²) in [4.78, 5) is 10.9. The highest BCUT2D eigenvalue weighted by Crippen LogP contribution is 2.17. The monoisotopic (exact) mass is 303 g/mol. The quantitative estimate of drug-likeness (QED) is 0.841. The Morgan fingerprint density at radius 1 is 1.40 bits per heavy atom. The van der Waals surface area contributed by atoms with Gasteiger partial charge in [-0.3, -0.25) is 4.79 Å². The van der Waals surface area contributed by atoms with Crippen molar-refractivity contribution in [2.24, 2.45) is 5.92 Å². The number of sulfonamides is 1. The highest BCUT2D eigenvalue weighted by atomic mass is 32.2. The molecule has 1 aromatic carbocycles. The number of aliphatic carboxylic acids is 1. The van der Waals surface area contributed by atoms with E-state index in [2.05, 4.69) is 4.72 Å². The van der Waals surface area contributed by atoms with Gasteiger partial charge in [0, 0.05) is 0 Å². The van der Waals surface area contributed by atoms with Gasteiger partial charge in [0.2, 0.25) is 10.0 Å². The molecule has 0 heterocycles. The predicted octanol–water partition coefficient (Wildman–Crippen LogP) is 1.91. The number of nitrogens with one attached hydrogen (secondary N) is 1. The maximum Gasteiger partial charge on any atom is 0.321 e. The molecule has 0 aliphatic heterocycles. The Morgan fingerprint density at radius 3 is 2.50 bits per heavy atom. The number of carbonyl (C=O) groups is 1. The van der Waals surface area contributed by atoms with E-state index in [4.69, 9.17) is 5.11 Å². The summed E-state index contributed by atoms with van der Waals surface area (Å²) in [7, 11) is -4.07. The van der Waals surface area contributed by atoms with Gasteiger partial charge in [-0.1, -0.05) is 19.9 Å². The van der Waals surface area contributed by atoms with Crippen LogP contribution in [0.5, 0.6) is 0 Å². The Labute approximate surface area is 117 Å². The molecule has 0 spiro atoms. The fraction of sp³-hybridized carbons (Fsp3) is 0.462. The van der Waals surface area contributed by atoms with Crippen molar-refractivity contribution in [1.29, 1.82) is 0 Å². The van der Waals surface area contributed by atoms with Gasteiger partial charge in [-0.2, -0.15) is 4.72 Å². The Kier molecular flexibility index (Phi) is 5.24. The third-order valence-corrected chi connectivity index (χ3v) is 4.36. The molecule has 0 bridgehead atoms. The Balaban J connectivity index is 3.09. The van der Waals surface area contributed by atoms with Gasteiger partial charge in [0.05, 0.1) is 4.90 Å². The van der Waals surface area contributed by atoms with Crippen LogP contribution >= 0.6 is 0 Å². The van der Waals surface area contributed by atoms with Crippen LogP contribution in [0.15, 0.2) is 23.1 Å². The maximum absolute atomic E-state index is 13.2. The summed E-state index contributed by atoms with van der Waals surface area (Å²) in [6.07, 6.45) is 0.156. The van der Waals surface area contributed by atoms with Crippen LogP contribution < -0.4 is 4.72 Å². The van der Waals surface area contributed by atoms with Crippen molar-refractivity contribution in [3.05, 3.63) is 29.6 Å². The molecule has 1 atom stereocenters. The number of carboxylic acid groups (broad SMARTS) is 1. The average Bonchev–Trinajstić information content (AvgIpc) is 2.30. The van der Waals surface area contributed by atoms with Gasteiger partial charge < -0.3 is 5.11 Å². The van der Waals surface area contributed by atoms with Crippen molar-refractivity contribution in [1.82, 2.24) is 4.72 Å². The molecule has 0 fully saturated rings. The summed E-state index contributed by atoms with van der Waals surface area (Å²) < 4.78 is 39.6.